The summed E-state index contributed by atoms with van der Waals surface area (Å²) in [6, 6.07) is 12.6. The molecule has 220 valence electrons. The van der Waals surface area contributed by atoms with E-state index in [-0.39, 0.29) is 12.8 Å². The van der Waals surface area contributed by atoms with E-state index in [1.165, 1.54) is 0 Å². The van der Waals surface area contributed by atoms with Crippen LogP contribution in [0.2, 0.25) is 5.02 Å². The van der Waals surface area contributed by atoms with Gasteiger partial charge in [0.1, 0.15) is 12.2 Å². The van der Waals surface area contributed by atoms with Gasteiger partial charge in [0.15, 0.2) is 12.2 Å². The molecule has 0 spiro atoms. The molecule has 2 aliphatic rings. The molecule has 41 heavy (non-hydrogen) atoms. The molecule has 0 bridgehead atoms. The molecule has 1 N–H and O–H groups in total. The lowest BCUT2D eigenvalue weighted by Crippen LogP contribution is -2.58. The van der Waals surface area contributed by atoms with Crippen LogP contribution in [0.3, 0.4) is 0 Å². The van der Waals surface area contributed by atoms with Crippen LogP contribution >= 0.6 is 11.6 Å². The van der Waals surface area contributed by atoms with E-state index in [2.05, 4.69) is 0 Å². The third kappa shape index (κ3) is 7.69. The van der Waals surface area contributed by atoms with Crippen LogP contribution in [-0.4, -0.2) is 53.5 Å². The molecular weight excluding hydrogens is 562 g/mol. The largest absolute Gasteiger partial charge is 0.456 e. The summed E-state index contributed by atoms with van der Waals surface area (Å²) in [6.07, 6.45) is -5.01. The van der Waals surface area contributed by atoms with Crippen LogP contribution in [-0.2, 0) is 39.8 Å². The Morgan fingerprint density at radius 3 is 2.20 bits per heavy atom. The quantitative estimate of drug-likeness (QED) is 0.340. The standard InChI is InChI=1S/C30H31ClF2O8/c1-16(34)38-27-25(37)28(39-17(2)35)29(40-18(3)36)41-26(27)22-8-9-24(31)23(15-22)14-19-4-6-20(7-5-19)21-10-12-30(32,33)13-11-21/h4-10,15,25-29,37H,11-14H2,1-3H3/t25-,26+,27-,28+,29?/m1/s1. The second-order valence-corrected chi connectivity index (χ2v) is 10.6. The first kappa shape index (κ1) is 30.6. The smallest absolute Gasteiger partial charge is 0.305 e. The van der Waals surface area contributed by atoms with Gasteiger partial charge in [-0.2, -0.15) is 0 Å². The number of hydrogen-bond acceptors (Lipinski definition) is 8. The molecule has 2 aromatic rings. The van der Waals surface area contributed by atoms with E-state index in [1.54, 1.807) is 24.3 Å². The molecule has 2 aromatic carbocycles. The SMILES string of the molecule is CC(=O)OC1O[C@@H](c2ccc(Cl)c(Cc3ccc(C4=CCC(F)(F)CC4)cc3)c2)[C@H](OC(C)=O)[C@@H](O)[C@@H]1OC(C)=O. The maximum absolute atomic E-state index is 13.5. The highest BCUT2D eigenvalue weighted by molar-refractivity contribution is 6.31. The van der Waals surface area contributed by atoms with Gasteiger partial charge in [-0.05, 0) is 46.7 Å². The number of alkyl halides is 2. The van der Waals surface area contributed by atoms with E-state index in [0.717, 1.165) is 37.5 Å². The van der Waals surface area contributed by atoms with Crippen molar-refractivity contribution < 1.29 is 47.2 Å². The summed E-state index contributed by atoms with van der Waals surface area (Å²) in [5, 5.41) is 11.5. The van der Waals surface area contributed by atoms with Gasteiger partial charge < -0.3 is 24.1 Å². The molecule has 1 unspecified atom stereocenters. The number of carbonyl (C=O) groups is 3. The van der Waals surface area contributed by atoms with Crippen LogP contribution in [0.5, 0.6) is 0 Å². The number of esters is 3. The summed E-state index contributed by atoms with van der Waals surface area (Å²) in [5.41, 5.74) is 3.85. The third-order valence-corrected chi connectivity index (χ3v) is 7.30. The first-order chi connectivity index (χ1) is 19.3. The number of aliphatic hydroxyl groups excluding tert-OH is 1. The van der Waals surface area contributed by atoms with Gasteiger partial charge in [0.25, 0.3) is 5.92 Å². The van der Waals surface area contributed by atoms with Crippen LogP contribution in [0.1, 0.15) is 68.4 Å². The maximum atomic E-state index is 13.5. The summed E-state index contributed by atoms with van der Waals surface area (Å²) >= 11 is 6.51. The normalized spacial score (nSPS) is 25.5. The van der Waals surface area contributed by atoms with Gasteiger partial charge in [-0.15, -0.1) is 0 Å². The zero-order valence-electron chi connectivity index (χ0n) is 22.8. The van der Waals surface area contributed by atoms with E-state index in [9.17, 15) is 28.3 Å². The molecule has 0 amide bonds. The number of halogens is 3. The Morgan fingerprint density at radius 2 is 1.61 bits per heavy atom. The monoisotopic (exact) mass is 592 g/mol. The molecule has 1 fully saturated rings. The van der Waals surface area contributed by atoms with Crippen molar-refractivity contribution in [2.45, 2.75) is 83.1 Å². The summed E-state index contributed by atoms with van der Waals surface area (Å²) < 4.78 is 48.7. The van der Waals surface area contributed by atoms with Crippen LogP contribution in [0.15, 0.2) is 48.5 Å². The fourth-order valence-electron chi connectivity index (χ4n) is 5.01. The average molecular weight is 593 g/mol. The highest BCUT2D eigenvalue weighted by atomic mass is 35.5. The average Bonchev–Trinajstić information content (AvgIpc) is 2.89. The Hall–Kier alpha value is -3.34. The molecule has 1 heterocycles. The molecule has 1 aliphatic heterocycles. The first-order valence-electron chi connectivity index (χ1n) is 13.1. The lowest BCUT2D eigenvalue weighted by molar-refractivity contribution is -0.296. The topological polar surface area (TPSA) is 108 Å². The number of ether oxygens (including phenoxy) is 4. The van der Waals surface area contributed by atoms with Gasteiger partial charge in [0.05, 0.1) is 0 Å². The molecule has 4 rings (SSSR count). The Labute approximate surface area is 241 Å². The van der Waals surface area contributed by atoms with E-state index in [1.807, 2.05) is 24.3 Å². The molecule has 5 atom stereocenters. The van der Waals surface area contributed by atoms with E-state index in [4.69, 9.17) is 30.5 Å². The van der Waals surface area contributed by atoms with Crippen LogP contribution in [0.25, 0.3) is 5.57 Å². The molecule has 1 saturated heterocycles. The third-order valence-electron chi connectivity index (χ3n) is 6.93. The lowest BCUT2D eigenvalue weighted by Gasteiger charge is -2.42. The fourth-order valence-corrected chi connectivity index (χ4v) is 5.20. The molecule has 8 nitrogen and oxygen atoms in total. The van der Waals surface area contributed by atoms with Crippen molar-refractivity contribution in [2.24, 2.45) is 0 Å². The first-order valence-corrected chi connectivity index (χ1v) is 13.5. The number of aliphatic hydroxyl groups is 1. The Balaban J connectivity index is 1.60. The zero-order chi connectivity index (χ0) is 29.9. The van der Waals surface area contributed by atoms with Crippen molar-refractivity contribution in [3.63, 3.8) is 0 Å². The second-order valence-electron chi connectivity index (χ2n) is 10.2. The van der Waals surface area contributed by atoms with Gasteiger partial charge in [0.2, 0.25) is 6.29 Å². The lowest BCUT2D eigenvalue weighted by atomic mass is 9.90. The maximum Gasteiger partial charge on any atom is 0.305 e. The van der Waals surface area contributed by atoms with Crippen molar-refractivity contribution in [3.8, 4) is 0 Å². The highest BCUT2D eigenvalue weighted by Gasteiger charge is 2.51. The van der Waals surface area contributed by atoms with Crippen molar-refractivity contribution in [2.75, 3.05) is 0 Å². The zero-order valence-corrected chi connectivity index (χ0v) is 23.5. The predicted octanol–water partition coefficient (Wildman–Crippen LogP) is 5.32. The van der Waals surface area contributed by atoms with Crippen molar-refractivity contribution in [3.05, 3.63) is 75.8 Å². The minimum Gasteiger partial charge on any atom is -0.456 e. The summed E-state index contributed by atoms with van der Waals surface area (Å²) in [6.45, 7) is 3.42. The van der Waals surface area contributed by atoms with Gasteiger partial charge >= 0.3 is 17.9 Å². The van der Waals surface area contributed by atoms with Gasteiger partial charge in [-0.25, -0.2) is 8.78 Å². The summed E-state index contributed by atoms with van der Waals surface area (Å²) in [4.78, 5) is 35.3. The van der Waals surface area contributed by atoms with Crippen molar-refractivity contribution in [1.82, 2.24) is 0 Å². The number of carbonyl (C=O) groups excluding carboxylic acids is 3. The molecule has 0 saturated carbocycles. The minimum atomic E-state index is -2.66. The van der Waals surface area contributed by atoms with Crippen molar-refractivity contribution >= 4 is 35.1 Å². The molecule has 1 aliphatic carbocycles. The fraction of sp³-hybridized carbons (Fsp3) is 0.433. The van der Waals surface area contributed by atoms with Gasteiger partial charge in [-0.3, -0.25) is 14.4 Å². The molecule has 0 radical (unpaired) electrons. The second kappa shape index (κ2) is 12.7. The Morgan fingerprint density at radius 1 is 0.976 bits per heavy atom. The predicted molar refractivity (Wildman–Crippen MR) is 144 cm³/mol. The van der Waals surface area contributed by atoms with Gasteiger partial charge in [-0.1, -0.05) is 54.1 Å². The molecule has 0 aromatic heterocycles. The number of rotatable bonds is 7. The number of hydrogen-bond donors (Lipinski definition) is 1. The molecule has 11 heteroatoms. The number of allylic oxidation sites excluding steroid dienone is 2. The van der Waals surface area contributed by atoms with E-state index < -0.39 is 54.5 Å². The van der Waals surface area contributed by atoms with E-state index in [0.29, 0.717) is 29.0 Å². The van der Waals surface area contributed by atoms with Gasteiger partial charge in [0, 0.05) is 38.6 Å². The number of benzene rings is 2. The highest BCUT2D eigenvalue weighted by Crippen LogP contribution is 2.39. The summed E-state index contributed by atoms with van der Waals surface area (Å²) in [7, 11) is 0. The minimum absolute atomic E-state index is 0.171. The van der Waals surface area contributed by atoms with Crippen molar-refractivity contribution in [1.29, 1.82) is 0 Å². The van der Waals surface area contributed by atoms with Crippen LogP contribution < -0.4 is 0 Å². The van der Waals surface area contributed by atoms with E-state index >= 15 is 0 Å². The van der Waals surface area contributed by atoms with Crippen LogP contribution in [0.4, 0.5) is 8.78 Å². The Kier molecular flexibility index (Phi) is 9.46. The Bertz CT molecular complexity index is 1330. The summed E-state index contributed by atoms with van der Waals surface area (Å²) in [5.74, 6) is -4.85. The molecular formula is C30H31ClF2O8. The van der Waals surface area contributed by atoms with Crippen LogP contribution in [0, 0.1) is 0 Å².